The van der Waals surface area contributed by atoms with Gasteiger partial charge in [-0.3, -0.25) is 9.36 Å². The molecule has 1 aliphatic rings. The molecule has 0 aliphatic heterocycles. The summed E-state index contributed by atoms with van der Waals surface area (Å²) in [5.74, 6) is 1.40. The van der Waals surface area contributed by atoms with E-state index in [4.69, 9.17) is 28.3 Å². The van der Waals surface area contributed by atoms with Crippen LogP contribution in [-0.4, -0.2) is 14.2 Å². The van der Waals surface area contributed by atoms with Crippen LogP contribution >= 0.6 is 23.2 Å². The number of hydrogen-bond acceptors (Lipinski definition) is 2. The third kappa shape index (κ3) is 2.95. The third-order valence-corrected chi connectivity index (χ3v) is 5.56. The minimum absolute atomic E-state index is 0.00437. The van der Waals surface area contributed by atoms with E-state index in [-0.39, 0.29) is 11.5 Å². The Hall–Kier alpha value is -1.78. The monoisotopic (exact) mass is 389 g/mol. The second kappa shape index (κ2) is 6.43. The first-order chi connectivity index (χ1) is 12.4. The molecule has 2 aromatic heterocycles. The summed E-state index contributed by atoms with van der Waals surface area (Å²) in [6.45, 7) is 6.86. The van der Waals surface area contributed by atoms with E-state index < -0.39 is 0 Å². The average molecular weight is 390 g/mol. The van der Waals surface area contributed by atoms with Crippen molar-refractivity contribution in [1.82, 2.24) is 14.2 Å². The first-order valence-corrected chi connectivity index (χ1v) is 9.71. The highest BCUT2D eigenvalue weighted by molar-refractivity contribution is 6.36. The molecule has 6 heteroatoms. The second-order valence-corrected chi connectivity index (χ2v) is 8.31. The van der Waals surface area contributed by atoms with Crippen molar-refractivity contribution in [2.24, 2.45) is 5.92 Å². The van der Waals surface area contributed by atoms with Crippen LogP contribution in [0.15, 0.2) is 29.1 Å². The number of nitrogens with zero attached hydrogens (tertiary/aromatic N) is 3. The van der Waals surface area contributed by atoms with Crippen molar-refractivity contribution >= 4 is 28.7 Å². The topological polar surface area (TPSA) is 39.3 Å². The Labute approximate surface area is 162 Å². The van der Waals surface area contributed by atoms with Gasteiger partial charge in [0, 0.05) is 22.8 Å². The number of fused-ring (bicyclic) bond motifs is 1. The zero-order chi connectivity index (χ0) is 18.6. The molecule has 0 amide bonds. The number of benzene rings is 1. The summed E-state index contributed by atoms with van der Waals surface area (Å²) in [6, 6.07) is 7.37. The molecule has 0 radical (unpaired) electrons. The lowest BCUT2D eigenvalue weighted by atomic mass is 10.1. The van der Waals surface area contributed by atoms with E-state index >= 15 is 0 Å². The molecule has 4 rings (SSSR count). The average Bonchev–Trinajstić information content (AvgIpc) is 3.32. The van der Waals surface area contributed by atoms with Gasteiger partial charge in [0.1, 0.15) is 5.52 Å². The van der Waals surface area contributed by atoms with E-state index in [1.165, 1.54) is 0 Å². The van der Waals surface area contributed by atoms with E-state index in [0.29, 0.717) is 33.8 Å². The van der Waals surface area contributed by atoms with Gasteiger partial charge in [-0.15, -0.1) is 5.10 Å². The Kier molecular flexibility index (Phi) is 4.36. The number of rotatable bonds is 4. The van der Waals surface area contributed by atoms with Crippen molar-refractivity contribution < 1.29 is 0 Å². The molecular formula is C20H21Cl2N3O. The van der Waals surface area contributed by atoms with Crippen LogP contribution in [0.5, 0.6) is 0 Å². The Morgan fingerprint density at radius 3 is 2.58 bits per heavy atom. The summed E-state index contributed by atoms with van der Waals surface area (Å²) in [5.41, 5.74) is 3.40. The van der Waals surface area contributed by atoms with Crippen LogP contribution in [0.4, 0.5) is 0 Å². The third-order valence-electron chi connectivity index (χ3n) is 5.01. The van der Waals surface area contributed by atoms with Gasteiger partial charge in [0.05, 0.1) is 5.02 Å². The molecule has 1 aliphatic carbocycles. The molecule has 0 atom stereocenters. The molecule has 0 saturated heterocycles. The molecule has 1 fully saturated rings. The van der Waals surface area contributed by atoms with Gasteiger partial charge < -0.3 is 0 Å². The van der Waals surface area contributed by atoms with Crippen molar-refractivity contribution in [1.29, 1.82) is 0 Å². The Morgan fingerprint density at radius 1 is 1.23 bits per heavy atom. The molecule has 26 heavy (non-hydrogen) atoms. The maximum absolute atomic E-state index is 13.4. The van der Waals surface area contributed by atoms with Crippen molar-refractivity contribution in [3.05, 3.63) is 55.9 Å². The van der Waals surface area contributed by atoms with Gasteiger partial charge >= 0.3 is 0 Å². The first-order valence-electron chi connectivity index (χ1n) is 8.95. The Morgan fingerprint density at radius 2 is 1.96 bits per heavy atom. The van der Waals surface area contributed by atoms with Gasteiger partial charge in [0.15, 0.2) is 5.82 Å². The molecule has 3 aromatic rings. The Bertz CT molecular complexity index is 1060. The quantitative estimate of drug-likeness (QED) is 0.606. The molecule has 0 unspecified atom stereocenters. The highest BCUT2D eigenvalue weighted by atomic mass is 35.5. The molecule has 0 N–H and O–H groups in total. The highest BCUT2D eigenvalue weighted by Gasteiger charge is 2.27. The predicted molar refractivity (Wildman–Crippen MR) is 106 cm³/mol. The summed E-state index contributed by atoms with van der Waals surface area (Å²) in [6.07, 6.45) is 2.31. The van der Waals surface area contributed by atoms with Gasteiger partial charge in [-0.1, -0.05) is 37.0 Å². The van der Waals surface area contributed by atoms with Crippen LogP contribution < -0.4 is 5.56 Å². The van der Waals surface area contributed by atoms with E-state index in [1.807, 2.05) is 13.0 Å². The molecule has 4 nitrogen and oxygen atoms in total. The largest absolute Gasteiger partial charge is 0.289 e. The number of aryl methyl sites for hydroxylation is 1. The van der Waals surface area contributed by atoms with Crippen molar-refractivity contribution in [3.8, 4) is 11.4 Å². The van der Waals surface area contributed by atoms with Gasteiger partial charge in [0.25, 0.3) is 5.56 Å². The summed E-state index contributed by atoms with van der Waals surface area (Å²) < 4.78 is 3.56. The Balaban J connectivity index is 2.05. The fourth-order valence-electron chi connectivity index (χ4n) is 3.41. The summed E-state index contributed by atoms with van der Waals surface area (Å²) in [5, 5.41) is 5.90. The molecule has 136 valence electrons. The zero-order valence-electron chi connectivity index (χ0n) is 15.1. The summed E-state index contributed by atoms with van der Waals surface area (Å²) in [7, 11) is 0. The SMILES string of the molecule is Cc1cc(C(C)C)c2c(=O)n(CC3CC3)c(-c3ccc(Cl)cc3Cl)nn12. The molecule has 2 heterocycles. The van der Waals surface area contributed by atoms with Gasteiger partial charge in [-0.05, 0) is 61.4 Å². The lowest BCUT2D eigenvalue weighted by molar-refractivity contribution is 0.592. The smallest absolute Gasteiger partial charge is 0.278 e. The summed E-state index contributed by atoms with van der Waals surface area (Å²) >= 11 is 12.5. The molecule has 0 spiro atoms. The van der Waals surface area contributed by atoms with Crippen LogP contribution in [0.3, 0.4) is 0 Å². The van der Waals surface area contributed by atoms with Crippen molar-refractivity contribution in [2.45, 2.75) is 46.1 Å². The van der Waals surface area contributed by atoms with E-state index in [9.17, 15) is 4.79 Å². The van der Waals surface area contributed by atoms with Crippen LogP contribution in [0, 0.1) is 12.8 Å². The van der Waals surface area contributed by atoms with Crippen molar-refractivity contribution in [2.75, 3.05) is 0 Å². The lowest BCUT2D eigenvalue weighted by Crippen LogP contribution is -2.27. The fourth-order valence-corrected chi connectivity index (χ4v) is 3.90. The lowest BCUT2D eigenvalue weighted by Gasteiger charge is -2.15. The minimum atomic E-state index is 0.00437. The maximum Gasteiger partial charge on any atom is 0.278 e. The van der Waals surface area contributed by atoms with Crippen molar-refractivity contribution in [3.63, 3.8) is 0 Å². The van der Waals surface area contributed by atoms with E-state index in [2.05, 4.69) is 19.9 Å². The molecule has 1 saturated carbocycles. The molecular weight excluding hydrogens is 369 g/mol. The highest BCUT2D eigenvalue weighted by Crippen LogP contribution is 2.34. The van der Waals surface area contributed by atoms with Crippen LogP contribution in [0.25, 0.3) is 16.9 Å². The van der Waals surface area contributed by atoms with Gasteiger partial charge in [0.2, 0.25) is 0 Å². The summed E-state index contributed by atoms with van der Waals surface area (Å²) in [4.78, 5) is 13.4. The fraction of sp³-hybridized carbons (Fsp3) is 0.400. The predicted octanol–water partition coefficient (Wildman–Crippen LogP) is 5.31. The normalized spacial score (nSPS) is 14.5. The van der Waals surface area contributed by atoms with Crippen LogP contribution in [-0.2, 0) is 6.54 Å². The minimum Gasteiger partial charge on any atom is -0.289 e. The number of hydrogen-bond donors (Lipinski definition) is 0. The number of aromatic nitrogens is 3. The van der Waals surface area contributed by atoms with E-state index in [1.54, 1.807) is 21.2 Å². The standard InChI is InChI=1S/C20H21Cl2N3O/c1-11(2)16-8-12(3)25-18(16)20(26)24(10-13-4-5-13)19(23-25)15-7-6-14(21)9-17(15)22/h6-9,11,13H,4-5,10H2,1-3H3. The van der Waals surface area contributed by atoms with Crippen LogP contribution in [0.2, 0.25) is 10.0 Å². The van der Waals surface area contributed by atoms with Gasteiger partial charge in [-0.25, -0.2) is 4.52 Å². The first kappa shape index (κ1) is 17.6. The maximum atomic E-state index is 13.4. The zero-order valence-corrected chi connectivity index (χ0v) is 16.6. The number of halogens is 2. The van der Waals surface area contributed by atoms with Crippen LogP contribution in [0.1, 0.15) is 43.9 Å². The van der Waals surface area contributed by atoms with Gasteiger partial charge in [-0.2, -0.15) is 0 Å². The molecule has 0 bridgehead atoms. The second-order valence-electron chi connectivity index (χ2n) is 7.46. The molecule has 1 aromatic carbocycles. The van der Waals surface area contributed by atoms with E-state index in [0.717, 1.165) is 29.7 Å².